The highest BCUT2D eigenvalue weighted by atomic mass is 32.2. The van der Waals surface area contributed by atoms with Gasteiger partial charge in [0.1, 0.15) is 0 Å². The predicted octanol–water partition coefficient (Wildman–Crippen LogP) is 1.27. The molecule has 1 aromatic rings. The lowest BCUT2D eigenvalue weighted by molar-refractivity contribution is -0.192. The van der Waals surface area contributed by atoms with Gasteiger partial charge in [-0.25, -0.2) is 4.79 Å². The second-order valence-electron chi connectivity index (χ2n) is 7.13. The van der Waals surface area contributed by atoms with Crippen molar-refractivity contribution in [2.45, 2.75) is 37.3 Å². The van der Waals surface area contributed by atoms with E-state index in [1.54, 1.807) is 20.3 Å². The van der Waals surface area contributed by atoms with Crippen molar-refractivity contribution >= 4 is 16.2 Å². The number of ether oxygens (including phenoxy) is 2. The SMILES string of the molecule is CN(C)S(=O)(=O)N1CC[C@]2(C[C@@H](OCc3ccccn3)CO2)C1.O=C(O)C(F)(F)F. The molecule has 2 atom stereocenters. The number of aliphatic carboxylic acids is 1. The van der Waals surface area contributed by atoms with Crippen LogP contribution >= 0.6 is 0 Å². The Morgan fingerprint density at radius 1 is 1.43 bits per heavy atom. The third-order valence-corrected chi connectivity index (χ3v) is 6.57. The lowest BCUT2D eigenvalue weighted by Gasteiger charge is -2.24. The molecule has 2 aliphatic heterocycles. The van der Waals surface area contributed by atoms with Crippen molar-refractivity contribution in [2.24, 2.45) is 0 Å². The summed E-state index contributed by atoms with van der Waals surface area (Å²) in [7, 11) is -0.277. The summed E-state index contributed by atoms with van der Waals surface area (Å²) in [5, 5.41) is 7.12. The van der Waals surface area contributed by atoms with Gasteiger partial charge in [0, 0.05) is 39.8 Å². The Morgan fingerprint density at radius 2 is 2.10 bits per heavy atom. The summed E-state index contributed by atoms with van der Waals surface area (Å²) in [6, 6.07) is 5.72. The Balaban J connectivity index is 0.000000396. The third kappa shape index (κ3) is 6.35. The maximum absolute atomic E-state index is 12.2. The molecule has 3 heterocycles. The van der Waals surface area contributed by atoms with Gasteiger partial charge in [0.2, 0.25) is 0 Å². The number of carbonyl (C=O) groups is 1. The van der Waals surface area contributed by atoms with Crippen LogP contribution in [0, 0.1) is 0 Å². The van der Waals surface area contributed by atoms with Gasteiger partial charge in [-0.1, -0.05) is 6.07 Å². The average molecular weight is 455 g/mol. The van der Waals surface area contributed by atoms with Crippen LogP contribution in [-0.2, 0) is 31.1 Å². The zero-order valence-electron chi connectivity index (χ0n) is 16.5. The topological polar surface area (TPSA) is 109 Å². The summed E-state index contributed by atoms with van der Waals surface area (Å²) in [6.45, 7) is 1.85. The highest BCUT2D eigenvalue weighted by Crippen LogP contribution is 2.37. The first kappa shape index (κ1) is 24.5. The van der Waals surface area contributed by atoms with Gasteiger partial charge in [0.25, 0.3) is 10.2 Å². The minimum absolute atomic E-state index is 0.0148. The van der Waals surface area contributed by atoms with Crippen molar-refractivity contribution in [2.75, 3.05) is 33.8 Å². The number of carboxylic acid groups (broad SMARTS) is 1. The van der Waals surface area contributed by atoms with Gasteiger partial charge < -0.3 is 14.6 Å². The van der Waals surface area contributed by atoms with Gasteiger partial charge in [-0.15, -0.1) is 0 Å². The van der Waals surface area contributed by atoms with E-state index in [1.807, 2.05) is 18.2 Å². The van der Waals surface area contributed by atoms with Crippen LogP contribution in [0.5, 0.6) is 0 Å². The van der Waals surface area contributed by atoms with E-state index in [4.69, 9.17) is 19.4 Å². The molecule has 3 rings (SSSR count). The fourth-order valence-electron chi connectivity index (χ4n) is 3.12. The van der Waals surface area contributed by atoms with E-state index in [0.29, 0.717) is 32.7 Å². The summed E-state index contributed by atoms with van der Waals surface area (Å²) in [5.74, 6) is -2.76. The normalized spacial score (nSPS) is 24.8. The Hall–Kier alpha value is -1.80. The molecule has 13 heteroatoms. The molecule has 0 saturated carbocycles. The van der Waals surface area contributed by atoms with Crippen LogP contribution in [-0.4, -0.2) is 84.8 Å². The first-order valence-corrected chi connectivity index (χ1v) is 10.4. The van der Waals surface area contributed by atoms with Gasteiger partial charge >= 0.3 is 12.1 Å². The summed E-state index contributed by atoms with van der Waals surface area (Å²) in [6.07, 6.45) is -1.92. The number of hydrogen-bond acceptors (Lipinski definition) is 6. The third-order valence-electron chi connectivity index (χ3n) is 4.68. The van der Waals surface area contributed by atoms with Crippen LogP contribution in [0.4, 0.5) is 13.2 Å². The molecule has 0 unspecified atom stereocenters. The minimum Gasteiger partial charge on any atom is -0.475 e. The Kier molecular flexibility index (Phi) is 7.80. The number of pyridine rings is 1. The molecule has 170 valence electrons. The smallest absolute Gasteiger partial charge is 0.475 e. The molecule has 0 bridgehead atoms. The minimum atomic E-state index is -5.08. The second-order valence-corrected chi connectivity index (χ2v) is 9.27. The molecule has 0 aromatic carbocycles. The predicted molar refractivity (Wildman–Crippen MR) is 98.6 cm³/mol. The molecule has 2 saturated heterocycles. The number of rotatable bonds is 5. The van der Waals surface area contributed by atoms with Crippen molar-refractivity contribution in [3.63, 3.8) is 0 Å². The number of hydrogen-bond donors (Lipinski definition) is 1. The maximum atomic E-state index is 12.2. The van der Waals surface area contributed by atoms with Crippen LogP contribution in [0.3, 0.4) is 0 Å². The van der Waals surface area contributed by atoms with E-state index in [0.717, 1.165) is 12.1 Å². The molecule has 30 heavy (non-hydrogen) atoms. The number of alkyl halides is 3. The van der Waals surface area contributed by atoms with Crippen LogP contribution < -0.4 is 0 Å². The van der Waals surface area contributed by atoms with Gasteiger partial charge in [0.05, 0.1) is 30.6 Å². The van der Waals surface area contributed by atoms with E-state index >= 15 is 0 Å². The van der Waals surface area contributed by atoms with E-state index in [2.05, 4.69) is 4.98 Å². The fraction of sp³-hybridized carbons (Fsp3) is 0.647. The monoisotopic (exact) mass is 455 g/mol. The fourth-order valence-corrected chi connectivity index (χ4v) is 4.30. The molecule has 1 N–H and O–H groups in total. The Morgan fingerprint density at radius 3 is 2.63 bits per heavy atom. The molecule has 9 nitrogen and oxygen atoms in total. The van der Waals surface area contributed by atoms with Crippen molar-refractivity contribution in [1.82, 2.24) is 13.6 Å². The molecule has 0 aliphatic carbocycles. The van der Waals surface area contributed by atoms with Gasteiger partial charge in [0.15, 0.2) is 0 Å². The highest BCUT2D eigenvalue weighted by molar-refractivity contribution is 7.86. The van der Waals surface area contributed by atoms with Crippen LogP contribution in [0.1, 0.15) is 18.5 Å². The lowest BCUT2D eigenvalue weighted by atomic mass is 9.98. The van der Waals surface area contributed by atoms with Crippen molar-refractivity contribution in [3.05, 3.63) is 30.1 Å². The van der Waals surface area contributed by atoms with Crippen molar-refractivity contribution < 1.29 is 41.0 Å². The number of carboxylic acids is 1. The average Bonchev–Trinajstić information content (AvgIpc) is 3.28. The Labute approximate surface area is 172 Å². The molecule has 1 aromatic heterocycles. The van der Waals surface area contributed by atoms with Gasteiger partial charge in [-0.05, 0) is 18.6 Å². The number of nitrogens with zero attached hydrogens (tertiary/aromatic N) is 3. The largest absolute Gasteiger partial charge is 0.490 e. The number of aromatic nitrogens is 1. The van der Waals surface area contributed by atoms with Crippen LogP contribution in [0.25, 0.3) is 0 Å². The van der Waals surface area contributed by atoms with E-state index in [9.17, 15) is 21.6 Å². The molecule has 1 spiro atoms. The van der Waals surface area contributed by atoms with Crippen LogP contribution in [0.15, 0.2) is 24.4 Å². The summed E-state index contributed by atoms with van der Waals surface area (Å²) in [5.41, 5.74) is 0.481. The maximum Gasteiger partial charge on any atom is 0.490 e. The first-order valence-electron chi connectivity index (χ1n) is 8.99. The second kappa shape index (κ2) is 9.56. The van der Waals surface area contributed by atoms with Crippen molar-refractivity contribution in [1.29, 1.82) is 0 Å². The summed E-state index contributed by atoms with van der Waals surface area (Å²) >= 11 is 0. The Bertz CT molecular complexity index is 822. The molecule has 2 aliphatic rings. The quantitative estimate of drug-likeness (QED) is 0.712. The molecular formula is C17H24F3N3O6S. The first-order chi connectivity index (χ1) is 13.9. The van der Waals surface area contributed by atoms with E-state index in [-0.39, 0.29) is 6.10 Å². The molecule has 0 amide bonds. The zero-order chi connectivity index (χ0) is 22.6. The lowest BCUT2D eigenvalue weighted by Crippen LogP contribution is -2.41. The van der Waals surface area contributed by atoms with Crippen LogP contribution in [0.2, 0.25) is 0 Å². The zero-order valence-corrected chi connectivity index (χ0v) is 17.3. The van der Waals surface area contributed by atoms with E-state index < -0.39 is 28.0 Å². The van der Waals surface area contributed by atoms with Crippen molar-refractivity contribution in [3.8, 4) is 0 Å². The highest BCUT2D eigenvalue weighted by Gasteiger charge is 2.49. The van der Waals surface area contributed by atoms with Gasteiger partial charge in [-0.3, -0.25) is 4.98 Å². The summed E-state index contributed by atoms with van der Waals surface area (Å²) in [4.78, 5) is 13.1. The standard InChI is InChI=1S/C15H23N3O4S.C2HF3O2/c1-17(2)23(19,20)18-8-6-15(12-18)9-14(11-22-15)21-10-13-5-3-4-7-16-13;3-2(4,5)1(6)7/h3-5,7,14H,6,8-12H2,1-2H3;(H,6,7)/t14-,15+;/m1./s1. The molecular weight excluding hydrogens is 431 g/mol. The number of halogens is 3. The summed E-state index contributed by atoms with van der Waals surface area (Å²) < 4.78 is 70.7. The molecule has 2 fully saturated rings. The van der Waals surface area contributed by atoms with E-state index in [1.165, 1.54) is 8.61 Å². The van der Waals surface area contributed by atoms with Gasteiger partial charge in [-0.2, -0.15) is 30.2 Å². The molecule has 0 radical (unpaired) electrons.